The van der Waals surface area contributed by atoms with Crippen LogP contribution < -0.4 is 20.0 Å². The summed E-state index contributed by atoms with van der Waals surface area (Å²) < 4.78 is 0. The number of carbonyl (C=O) groups is 5. The van der Waals surface area contributed by atoms with Crippen LogP contribution in [0.3, 0.4) is 0 Å². The number of piperazine rings is 1. The van der Waals surface area contributed by atoms with E-state index >= 15 is 0 Å². The summed E-state index contributed by atoms with van der Waals surface area (Å²) in [4.78, 5) is 84.6. The highest BCUT2D eigenvalue weighted by atomic mass is 35.5. The molecule has 5 fully saturated rings. The molecule has 0 aliphatic carbocycles. The maximum atomic E-state index is 13.6. The van der Waals surface area contributed by atoms with Crippen molar-refractivity contribution in [2.75, 3.05) is 73.6 Å². The minimum Gasteiger partial charge on any atom is -0.371 e. The van der Waals surface area contributed by atoms with Crippen LogP contribution in [0.5, 0.6) is 0 Å². The van der Waals surface area contributed by atoms with Crippen LogP contribution in [0.1, 0.15) is 83.1 Å². The number of hydrogen-bond acceptors (Lipinski definition) is 10. The van der Waals surface area contributed by atoms with Crippen molar-refractivity contribution in [3.05, 3.63) is 87.9 Å². The van der Waals surface area contributed by atoms with Crippen molar-refractivity contribution in [2.24, 2.45) is 5.41 Å². The standard InChI is InChI=1S/C44H48ClN9O5/c1-28-26-44(27-53(28)32-7-9-35(46-2)34(45)25-32)15-19-49(20-16-44)30-5-3-29(4-6-30)41(57)52-23-21-50(22-24-52)31-13-17-51(18-14-31)37-11-8-33-39(47-37)43(59)54(42(33)58)36-10-12-38(55)48-40(36)56/h3-9,11,25,28,31,36H,10,12-24,26-27H2,1H3,(H,48,55,56)/t28-,36?/m0/s1. The predicted octanol–water partition coefficient (Wildman–Crippen LogP) is 5.00. The van der Waals surface area contributed by atoms with E-state index in [1.54, 1.807) is 12.1 Å². The lowest BCUT2D eigenvalue weighted by atomic mass is 9.76. The molecule has 1 spiro atoms. The number of rotatable bonds is 6. The number of amides is 5. The molecule has 2 atom stereocenters. The van der Waals surface area contributed by atoms with Crippen molar-refractivity contribution in [3.63, 3.8) is 0 Å². The number of anilines is 3. The number of fused-ring (bicyclic) bond motifs is 1. The summed E-state index contributed by atoms with van der Waals surface area (Å²) in [6.45, 7) is 17.0. The summed E-state index contributed by atoms with van der Waals surface area (Å²) in [5.41, 5.74) is 3.94. The van der Waals surface area contributed by atoms with Crippen molar-refractivity contribution in [1.82, 2.24) is 25.0 Å². The van der Waals surface area contributed by atoms with E-state index in [1.807, 2.05) is 35.2 Å². The molecule has 5 saturated heterocycles. The molecule has 9 rings (SSSR count). The van der Waals surface area contributed by atoms with Gasteiger partial charge in [0.25, 0.3) is 17.7 Å². The van der Waals surface area contributed by atoms with Gasteiger partial charge >= 0.3 is 0 Å². The molecule has 59 heavy (non-hydrogen) atoms. The Bertz CT molecular complexity index is 2240. The molecule has 14 nitrogen and oxygen atoms in total. The summed E-state index contributed by atoms with van der Waals surface area (Å²) in [5, 5.41) is 2.74. The zero-order chi connectivity index (χ0) is 41.0. The third kappa shape index (κ3) is 7.29. The number of aromatic nitrogens is 1. The first-order chi connectivity index (χ1) is 28.5. The third-order valence-electron chi connectivity index (χ3n) is 13.6. The van der Waals surface area contributed by atoms with E-state index in [0.29, 0.717) is 41.7 Å². The first-order valence-corrected chi connectivity index (χ1v) is 21.2. The maximum Gasteiger partial charge on any atom is 0.281 e. The van der Waals surface area contributed by atoms with Gasteiger partial charge in [-0.05, 0) is 99.4 Å². The van der Waals surface area contributed by atoms with E-state index < -0.39 is 29.7 Å². The fourth-order valence-corrected chi connectivity index (χ4v) is 10.5. The van der Waals surface area contributed by atoms with Crippen molar-refractivity contribution in [1.29, 1.82) is 0 Å². The number of imide groups is 2. The minimum absolute atomic E-state index is 0.0507. The number of pyridine rings is 1. The SMILES string of the molecule is [C-]#[N+]c1ccc(N2CC3(CCN(c4ccc(C(=O)N5CCN(C6CCN(c7ccc8c(n7)C(=O)N(C7CCC(=O)NC7=O)C8=O)CC6)CC5)cc4)CC3)C[C@@H]2C)cc1Cl. The number of halogens is 1. The Kier molecular flexibility index (Phi) is 10.3. The third-order valence-corrected chi connectivity index (χ3v) is 13.9. The van der Waals surface area contributed by atoms with Gasteiger partial charge < -0.3 is 19.6 Å². The summed E-state index contributed by atoms with van der Waals surface area (Å²) in [6, 6.07) is 17.1. The molecule has 0 saturated carbocycles. The molecule has 3 aromatic rings. The number of piperidine rings is 3. The Morgan fingerprint density at radius 3 is 2.24 bits per heavy atom. The molecule has 1 N–H and O–H groups in total. The van der Waals surface area contributed by atoms with E-state index in [1.165, 1.54) is 0 Å². The molecule has 306 valence electrons. The maximum absolute atomic E-state index is 13.6. The normalized spacial score (nSPS) is 23.8. The lowest BCUT2D eigenvalue weighted by Crippen LogP contribution is -2.54. The van der Waals surface area contributed by atoms with E-state index in [9.17, 15) is 24.0 Å². The minimum atomic E-state index is -1.02. The topological polar surface area (TPSA) is 134 Å². The quantitative estimate of drug-likeness (QED) is 0.268. The molecule has 5 amide bonds. The second-order valence-electron chi connectivity index (χ2n) is 17.0. The van der Waals surface area contributed by atoms with Gasteiger partial charge in [0.2, 0.25) is 17.5 Å². The molecule has 0 bridgehead atoms. The van der Waals surface area contributed by atoms with Crippen LogP contribution in [-0.4, -0.2) is 126 Å². The molecular weight excluding hydrogens is 770 g/mol. The largest absolute Gasteiger partial charge is 0.371 e. The van der Waals surface area contributed by atoms with Crippen molar-refractivity contribution >= 4 is 64.0 Å². The monoisotopic (exact) mass is 817 g/mol. The van der Waals surface area contributed by atoms with Crippen molar-refractivity contribution in [3.8, 4) is 0 Å². The molecule has 0 radical (unpaired) electrons. The van der Waals surface area contributed by atoms with Crippen LogP contribution in [0.15, 0.2) is 54.6 Å². The van der Waals surface area contributed by atoms with Crippen LogP contribution >= 0.6 is 11.6 Å². The summed E-state index contributed by atoms with van der Waals surface area (Å²) in [5.74, 6) is -1.51. The molecular formula is C44H48ClN9O5. The van der Waals surface area contributed by atoms with Crippen molar-refractivity contribution < 1.29 is 24.0 Å². The van der Waals surface area contributed by atoms with Gasteiger partial charge in [-0.1, -0.05) is 17.7 Å². The molecule has 6 aliphatic rings. The Morgan fingerprint density at radius 1 is 0.847 bits per heavy atom. The number of nitrogens with zero attached hydrogens (tertiary/aromatic N) is 8. The van der Waals surface area contributed by atoms with Gasteiger partial charge in [-0.2, -0.15) is 0 Å². The molecule has 2 aromatic carbocycles. The molecule has 15 heteroatoms. The Hall–Kier alpha value is -5.52. The summed E-state index contributed by atoms with van der Waals surface area (Å²) in [7, 11) is 0. The van der Waals surface area contributed by atoms with Gasteiger partial charge in [0.1, 0.15) is 17.6 Å². The first kappa shape index (κ1) is 39.0. The Labute approximate surface area is 348 Å². The molecule has 1 aromatic heterocycles. The van der Waals surface area contributed by atoms with Gasteiger partial charge in [0.05, 0.1) is 12.1 Å². The highest BCUT2D eigenvalue weighted by Gasteiger charge is 2.47. The van der Waals surface area contributed by atoms with E-state index in [4.69, 9.17) is 18.2 Å². The molecule has 7 heterocycles. The number of carbonyl (C=O) groups excluding carboxylic acids is 5. The zero-order valence-corrected chi connectivity index (χ0v) is 34.0. The van der Waals surface area contributed by atoms with Crippen LogP contribution in [0, 0.1) is 12.0 Å². The fraction of sp³-hybridized carbons (Fsp3) is 0.477. The lowest BCUT2D eigenvalue weighted by Gasteiger charge is -2.43. The van der Waals surface area contributed by atoms with Gasteiger partial charge in [0, 0.05) is 99.4 Å². The van der Waals surface area contributed by atoms with Crippen LogP contribution in [0.2, 0.25) is 5.02 Å². The number of hydrogen-bond donors (Lipinski definition) is 1. The second kappa shape index (κ2) is 15.6. The highest BCUT2D eigenvalue weighted by molar-refractivity contribution is 6.33. The highest BCUT2D eigenvalue weighted by Crippen LogP contribution is 2.46. The van der Waals surface area contributed by atoms with E-state index in [2.05, 4.69) is 53.8 Å². The van der Waals surface area contributed by atoms with Gasteiger partial charge in [-0.25, -0.2) is 9.83 Å². The lowest BCUT2D eigenvalue weighted by molar-refractivity contribution is -0.136. The summed E-state index contributed by atoms with van der Waals surface area (Å²) in [6.07, 6.45) is 5.33. The Morgan fingerprint density at radius 2 is 1.56 bits per heavy atom. The van der Waals surface area contributed by atoms with E-state index in [-0.39, 0.29) is 35.4 Å². The first-order valence-electron chi connectivity index (χ1n) is 20.8. The number of benzene rings is 2. The number of nitrogens with one attached hydrogen (secondary N) is 1. The van der Waals surface area contributed by atoms with Gasteiger partial charge in [-0.3, -0.25) is 39.1 Å². The Balaban J connectivity index is 0.736. The van der Waals surface area contributed by atoms with Crippen LogP contribution in [0.25, 0.3) is 4.85 Å². The average molecular weight is 818 g/mol. The van der Waals surface area contributed by atoms with Crippen molar-refractivity contribution in [2.45, 2.75) is 70.0 Å². The zero-order valence-electron chi connectivity index (χ0n) is 33.2. The van der Waals surface area contributed by atoms with Gasteiger partial charge in [0.15, 0.2) is 0 Å². The second-order valence-corrected chi connectivity index (χ2v) is 17.4. The molecule has 1 unspecified atom stereocenters. The van der Waals surface area contributed by atoms with E-state index in [0.717, 1.165) is 99.8 Å². The van der Waals surface area contributed by atoms with Crippen LogP contribution in [0.4, 0.5) is 22.9 Å². The van der Waals surface area contributed by atoms with Crippen LogP contribution in [-0.2, 0) is 9.59 Å². The molecule has 6 aliphatic heterocycles. The smallest absolute Gasteiger partial charge is 0.281 e. The van der Waals surface area contributed by atoms with Gasteiger partial charge in [-0.15, -0.1) is 0 Å². The summed E-state index contributed by atoms with van der Waals surface area (Å²) >= 11 is 6.39. The predicted molar refractivity (Wildman–Crippen MR) is 223 cm³/mol. The average Bonchev–Trinajstić information content (AvgIpc) is 3.71. The fourth-order valence-electron chi connectivity index (χ4n) is 10.3.